The minimum absolute atomic E-state index is 0.209. The first-order valence-corrected chi connectivity index (χ1v) is 7.78. The Hall–Kier alpha value is -2.21. The molecule has 0 saturated heterocycles. The van der Waals surface area contributed by atoms with Crippen LogP contribution >= 0.6 is 15.9 Å². The van der Waals surface area contributed by atoms with Crippen molar-refractivity contribution in [3.63, 3.8) is 0 Å². The van der Waals surface area contributed by atoms with Crippen molar-refractivity contribution in [2.75, 3.05) is 5.32 Å². The Bertz CT molecular complexity index is 839. The van der Waals surface area contributed by atoms with E-state index in [1.165, 1.54) is 0 Å². The summed E-state index contributed by atoms with van der Waals surface area (Å²) in [6.45, 7) is 3.94. The lowest BCUT2D eigenvalue weighted by molar-refractivity contribution is 0.102. The van der Waals surface area contributed by atoms with E-state index in [0.29, 0.717) is 17.9 Å². The van der Waals surface area contributed by atoms with Crippen LogP contribution in [0.15, 0.2) is 41.1 Å². The van der Waals surface area contributed by atoms with Crippen LogP contribution in [-0.4, -0.2) is 20.3 Å². The van der Waals surface area contributed by atoms with E-state index in [-0.39, 0.29) is 5.91 Å². The maximum Gasteiger partial charge on any atom is 0.275 e. The SMILES string of the molecule is CCc1nc2ccc(Br)cn2c1C(=O)Nc1ccc(C)cn1. The van der Waals surface area contributed by atoms with Crippen LogP contribution in [0.5, 0.6) is 0 Å². The van der Waals surface area contributed by atoms with Crippen LogP contribution < -0.4 is 5.32 Å². The van der Waals surface area contributed by atoms with Crippen LogP contribution in [-0.2, 0) is 6.42 Å². The zero-order chi connectivity index (χ0) is 15.7. The molecule has 0 aliphatic carbocycles. The molecular formula is C16H15BrN4O. The van der Waals surface area contributed by atoms with Crippen LogP contribution in [0, 0.1) is 6.92 Å². The van der Waals surface area contributed by atoms with Gasteiger partial charge in [0, 0.05) is 16.9 Å². The Morgan fingerprint density at radius 1 is 1.32 bits per heavy atom. The number of pyridine rings is 2. The minimum Gasteiger partial charge on any atom is -0.305 e. The molecule has 0 radical (unpaired) electrons. The predicted octanol–water partition coefficient (Wildman–Crippen LogP) is 3.61. The van der Waals surface area contributed by atoms with Gasteiger partial charge in [0.1, 0.15) is 17.2 Å². The lowest BCUT2D eigenvalue weighted by atomic mass is 10.2. The Kier molecular flexibility index (Phi) is 3.94. The summed E-state index contributed by atoms with van der Waals surface area (Å²) in [5.74, 6) is 0.321. The number of amides is 1. The number of halogens is 1. The number of aryl methyl sites for hydroxylation is 2. The van der Waals surface area contributed by atoms with Gasteiger partial charge in [-0.2, -0.15) is 0 Å². The van der Waals surface area contributed by atoms with Crippen LogP contribution in [0.3, 0.4) is 0 Å². The summed E-state index contributed by atoms with van der Waals surface area (Å²) < 4.78 is 2.69. The van der Waals surface area contributed by atoms with E-state index in [2.05, 4.69) is 31.2 Å². The smallest absolute Gasteiger partial charge is 0.275 e. The molecule has 22 heavy (non-hydrogen) atoms. The summed E-state index contributed by atoms with van der Waals surface area (Å²) in [5, 5.41) is 2.83. The Balaban J connectivity index is 2.02. The van der Waals surface area contributed by atoms with E-state index in [4.69, 9.17) is 0 Å². The minimum atomic E-state index is -0.209. The standard InChI is InChI=1S/C16H15BrN4O/c1-3-12-15(21-9-11(17)5-7-14(21)19-12)16(22)20-13-6-4-10(2)8-18-13/h4-9H,3H2,1-2H3,(H,18,20,22). The van der Waals surface area contributed by atoms with Crippen LogP contribution in [0.25, 0.3) is 5.65 Å². The zero-order valence-corrected chi connectivity index (χ0v) is 13.9. The number of carbonyl (C=O) groups excluding carboxylic acids is 1. The van der Waals surface area contributed by atoms with Gasteiger partial charge in [0.2, 0.25) is 0 Å². The third-order valence-corrected chi connectivity index (χ3v) is 3.83. The highest BCUT2D eigenvalue weighted by Crippen LogP contribution is 2.19. The second kappa shape index (κ2) is 5.88. The number of nitrogens with zero attached hydrogens (tertiary/aromatic N) is 3. The Labute approximate surface area is 136 Å². The highest BCUT2D eigenvalue weighted by Gasteiger charge is 2.18. The summed E-state index contributed by atoms with van der Waals surface area (Å²) in [7, 11) is 0. The molecule has 6 heteroatoms. The molecule has 0 spiro atoms. The number of fused-ring (bicyclic) bond motifs is 1. The number of aromatic nitrogens is 3. The van der Waals surface area contributed by atoms with Gasteiger partial charge in [-0.15, -0.1) is 0 Å². The lowest BCUT2D eigenvalue weighted by Crippen LogP contribution is -2.17. The fourth-order valence-electron chi connectivity index (χ4n) is 2.27. The maximum atomic E-state index is 12.6. The molecule has 0 aromatic carbocycles. The third-order valence-electron chi connectivity index (χ3n) is 3.36. The van der Waals surface area contributed by atoms with Crippen molar-refractivity contribution in [2.45, 2.75) is 20.3 Å². The van der Waals surface area contributed by atoms with E-state index in [1.54, 1.807) is 16.7 Å². The van der Waals surface area contributed by atoms with Gasteiger partial charge in [-0.25, -0.2) is 9.97 Å². The van der Waals surface area contributed by atoms with Crippen molar-refractivity contribution >= 4 is 33.3 Å². The molecule has 3 aromatic rings. The number of carbonyl (C=O) groups is 1. The van der Waals surface area contributed by atoms with E-state index in [9.17, 15) is 4.79 Å². The maximum absolute atomic E-state index is 12.6. The van der Waals surface area contributed by atoms with E-state index in [1.807, 2.05) is 38.2 Å². The molecule has 1 amide bonds. The monoisotopic (exact) mass is 358 g/mol. The zero-order valence-electron chi connectivity index (χ0n) is 12.3. The highest BCUT2D eigenvalue weighted by atomic mass is 79.9. The molecular weight excluding hydrogens is 344 g/mol. The quantitative estimate of drug-likeness (QED) is 0.777. The van der Waals surface area contributed by atoms with Crippen molar-refractivity contribution in [1.82, 2.24) is 14.4 Å². The van der Waals surface area contributed by atoms with Gasteiger partial charge in [0.25, 0.3) is 5.91 Å². The largest absolute Gasteiger partial charge is 0.305 e. The van der Waals surface area contributed by atoms with Gasteiger partial charge in [0.15, 0.2) is 0 Å². The summed E-state index contributed by atoms with van der Waals surface area (Å²) in [6, 6.07) is 7.49. The number of imidazole rings is 1. The number of anilines is 1. The van der Waals surface area contributed by atoms with Crippen molar-refractivity contribution < 1.29 is 4.79 Å². The van der Waals surface area contributed by atoms with Gasteiger partial charge >= 0.3 is 0 Å². The van der Waals surface area contributed by atoms with Crippen molar-refractivity contribution in [3.8, 4) is 0 Å². The second-order valence-electron chi connectivity index (χ2n) is 5.01. The molecule has 3 heterocycles. The van der Waals surface area contributed by atoms with Crippen LogP contribution in [0.4, 0.5) is 5.82 Å². The third kappa shape index (κ3) is 2.74. The summed E-state index contributed by atoms with van der Waals surface area (Å²) >= 11 is 3.43. The molecule has 0 fully saturated rings. The summed E-state index contributed by atoms with van der Waals surface area (Å²) in [5.41, 5.74) is 3.11. The average Bonchev–Trinajstić information content (AvgIpc) is 2.87. The first-order valence-electron chi connectivity index (χ1n) is 6.99. The molecule has 0 unspecified atom stereocenters. The molecule has 0 atom stereocenters. The van der Waals surface area contributed by atoms with E-state index in [0.717, 1.165) is 21.4 Å². The van der Waals surface area contributed by atoms with Gasteiger partial charge in [0.05, 0.1) is 5.69 Å². The van der Waals surface area contributed by atoms with Crippen molar-refractivity contribution in [1.29, 1.82) is 0 Å². The Morgan fingerprint density at radius 3 is 2.82 bits per heavy atom. The molecule has 5 nitrogen and oxygen atoms in total. The van der Waals surface area contributed by atoms with Crippen LogP contribution in [0.1, 0.15) is 28.7 Å². The number of hydrogen-bond acceptors (Lipinski definition) is 3. The van der Waals surface area contributed by atoms with E-state index < -0.39 is 0 Å². The predicted molar refractivity (Wildman–Crippen MR) is 89.2 cm³/mol. The van der Waals surface area contributed by atoms with Gasteiger partial charge in [-0.05, 0) is 53.0 Å². The Morgan fingerprint density at radius 2 is 2.14 bits per heavy atom. The van der Waals surface area contributed by atoms with E-state index >= 15 is 0 Å². The summed E-state index contributed by atoms with van der Waals surface area (Å²) in [4.78, 5) is 21.4. The fourth-order valence-corrected chi connectivity index (χ4v) is 2.61. The first kappa shape index (κ1) is 14.7. The molecule has 0 saturated carbocycles. The number of rotatable bonds is 3. The van der Waals surface area contributed by atoms with Gasteiger partial charge < -0.3 is 5.32 Å². The van der Waals surface area contributed by atoms with Crippen molar-refractivity contribution in [3.05, 3.63) is 58.1 Å². The number of hydrogen-bond donors (Lipinski definition) is 1. The summed E-state index contributed by atoms with van der Waals surface area (Å²) in [6.07, 6.45) is 4.25. The normalized spacial score (nSPS) is 10.9. The molecule has 1 N–H and O–H groups in total. The second-order valence-corrected chi connectivity index (χ2v) is 5.93. The highest BCUT2D eigenvalue weighted by molar-refractivity contribution is 9.10. The first-order chi connectivity index (χ1) is 10.6. The molecule has 0 aliphatic rings. The molecule has 0 bridgehead atoms. The van der Waals surface area contributed by atoms with Gasteiger partial charge in [-0.1, -0.05) is 13.0 Å². The molecule has 0 aliphatic heterocycles. The average molecular weight is 359 g/mol. The molecule has 3 rings (SSSR count). The molecule has 3 aromatic heterocycles. The van der Waals surface area contributed by atoms with Gasteiger partial charge in [-0.3, -0.25) is 9.20 Å². The topological polar surface area (TPSA) is 59.3 Å². The number of nitrogens with one attached hydrogen (secondary N) is 1. The lowest BCUT2D eigenvalue weighted by Gasteiger charge is -2.06. The fraction of sp³-hybridized carbons (Fsp3) is 0.188. The van der Waals surface area contributed by atoms with Crippen molar-refractivity contribution in [2.24, 2.45) is 0 Å². The van der Waals surface area contributed by atoms with Crippen LogP contribution in [0.2, 0.25) is 0 Å². The molecule has 112 valence electrons.